The van der Waals surface area contributed by atoms with Gasteiger partial charge in [-0.25, -0.2) is 22.5 Å². The highest BCUT2D eigenvalue weighted by Crippen LogP contribution is 2.16. The van der Waals surface area contributed by atoms with Crippen molar-refractivity contribution >= 4 is 16.0 Å². The van der Waals surface area contributed by atoms with Crippen LogP contribution < -0.4 is 20.1 Å². The first-order valence-corrected chi connectivity index (χ1v) is 10.8. The third-order valence-electron chi connectivity index (χ3n) is 3.96. The van der Waals surface area contributed by atoms with Crippen LogP contribution in [0, 0.1) is 5.82 Å². The predicted molar refractivity (Wildman–Crippen MR) is 112 cm³/mol. The van der Waals surface area contributed by atoms with Crippen LogP contribution in [-0.4, -0.2) is 40.6 Å². The van der Waals surface area contributed by atoms with Crippen molar-refractivity contribution in [3.05, 3.63) is 59.9 Å². The minimum atomic E-state index is -3.50. The Hall–Kier alpha value is -2.65. The van der Waals surface area contributed by atoms with Gasteiger partial charge in [-0.3, -0.25) is 0 Å². The summed E-state index contributed by atoms with van der Waals surface area (Å²) in [7, 11) is -2.13. The van der Waals surface area contributed by atoms with Gasteiger partial charge in [0.15, 0.2) is 17.5 Å². The summed E-state index contributed by atoms with van der Waals surface area (Å²) in [5.74, 6) is 0.348. The largest absolute Gasteiger partial charge is 0.486 e. The molecule has 0 fully saturated rings. The molecule has 0 aliphatic carbocycles. The van der Waals surface area contributed by atoms with E-state index in [4.69, 9.17) is 4.74 Å². The van der Waals surface area contributed by atoms with Gasteiger partial charge in [0.2, 0.25) is 10.0 Å². The molecule has 158 valence electrons. The molecule has 1 unspecified atom stereocenters. The van der Waals surface area contributed by atoms with Gasteiger partial charge in [-0.05, 0) is 50.7 Å². The molecular formula is C20H27FN4O3S. The smallest absolute Gasteiger partial charge is 0.240 e. The van der Waals surface area contributed by atoms with Gasteiger partial charge < -0.3 is 15.4 Å². The van der Waals surface area contributed by atoms with E-state index in [0.717, 1.165) is 5.56 Å². The minimum Gasteiger partial charge on any atom is -0.486 e. The maximum atomic E-state index is 13.7. The van der Waals surface area contributed by atoms with Gasteiger partial charge in [0.1, 0.15) is 6.10 Å². The van der Waals surface area contributed by atoms with Crippen LogP contribution in [-0.2, 0) is 16.6 Å². The molecule has 0 saturated heterocycles. The van der Waals surface area contributed by atoms with Crippen molar-refractivity contribution in [2.75, 3.05) is 20.1 Å². The Balaban J connectivity index is 1.99. The average Bonchev–Trinajstić information content (AvgIpc) is 2.72. The number of sulfonamides is 1. The molecule has 7 nitrogen and oxygen atoms in total. The summed E-state index contributed by atoms with van der Waals surface area (Å²) in [6.07, 6.45) is -0.292. The second-order valence-corrected chi connectivity index (χ2v) is 8.18. The number of hydrogen-bond donors (Lipinski definition) is 3. The van der Waals surface area contributed by atoms with Gasteiger partial charge in [-0.1, -0.05) is 24.3 Å². The van der Waals surface area contributed by atoms with Crippen molar-refractivity contribution in [2.45, 2.75) is 31.4 Å². The molecule has 0 aliphatic heterocycles. The van der Waals surface area contributed by atoms with Crippen LogP contribution in [0.2, 0.25) is 0 Å². The summed E-state index contributed by atoms with van der Waals surface area (Å²) in [5, 5.41) is 6.27. The Labute approximate surface area is 171 Å². The SMILES string of the molecule is CCNC(=NCc1cccc(S(=O)(=O)NC)c1)NCC(C)Oc1ccccc1F. The van der Waals surface area contributed by atoms with E-state index in [-0.39, 0.29) is 16.7 Å². The zero-order chi connectivity index (χ0) is 21.3. The Morgan fingerprint density at radius 3 is 2.62 bits per heavy atom. The molecule has 2 aromatic carbocycles. The minimum absolute atomic E-state index is 0.192. The first kappa shape index (κ1) is 22.6. The average molecular weight is 423 g/mol. The number of rotatable bonds is 9. The van der Waals surface area contributed by atoms with Gasteiger partial charge in [-0.2, -0.15) is 0 Å². The molecule has 0 saturated carbocycles. The third kappa shape index (κ3) is 7.03. The highest BCUT2D eigenvalue weighted by atomic mass is 32.2. The number of guanidine groups is 1. The standard InChI is InChI=1S/C20H27FN4O3S/c1-4-23-20(24-13-15(2)28-19-11-6-5-10-18(19)21)25-14-16-8-7-9-17(12-16)29(26,27)22-3/h5-12,15,22H,4,13-14H2,1-3H3,(H2,23,24,25). The Morgan fingerprint density at radius 1 is 1.17 bits per heavy atom. The molecule has 0 radical (unpaired) electrons. The summed E-state index contributed by atoms with van der Waals surface area (Å²) in [4.78, 5) is 4.67. The van der Waals surface area contributed by atoms with E-state index in [1.807, 2.05) is 19.9 Å². The Bertz CT molecular complexity index is 935. The number of para-hydroxylation sites is 1. The summed E-state index contributed by atoms with van der Waals surface area (Å²) >= 11 is 0. The topological polar surface area (TPSA) is 91.8 Å². The van der Waals surface area contributed by atoms with E-state index in [2.05, 4.69) is 20.3 Å². The number of nitrogens with zero attached hydrogens (tertiary/aromatic N) is 1. The molecule has 9 heteroatoms. The fraction of sp³-hybridized carbons (Fsp3) is 0.350. The zero-order valence-corrected chi connectivity index (χ0v) is 17.6. The third-order valence-corrected chi connectivity index (χ3v) is 5.38. The van der Waals surface area contributed by atoms with E-state index in [1.54, 1.807) is 30.3 Å². The second kappa shape index (κ2) is 10.8. The lowest BCUT2D eigenvalue weighted by Crippen LogP contribution is -2.41. The van der Waals surface area contributed by atoms with Crippen molar-refractivity contribution in [1.82, 2.24) is 15.4 Å². The lowest BCUT2D eigenvalue weighted by Gasteiger charge is -2.18. The summed E-state index contributed by atoms with van der Waals surface area (Å²) in [5.41, 5.74) is 0.759. The molecule has 0 aliphatic rings. The van der Waals surface area contributed by atoms with E-state index in [1.165, 1.54) is 19.2 Å². The molecule has 0 aromatic heterocycles. The highest BCUT2D eigenvalue weighted by molar-refractivity contribution is 7.89. The number of halogens is 1. The lowest BCUT2D eigenvalue weighted by molar-refractivity contribution is 0.214. The van der Waals surface area contributed by atoms with Gasteiger partial charge in [0.25, 0.3) is 0 Å². The van der Waals surface area contributed by atoms with Gasteiger partial charge in [0, 0.05) is 6.54 Å². The van der Waals surface area contributed by atoms with Crippen LogP contribution in [0.1, 0.15) is 19.4 Å². The molecule has 0 bridgehead atoms. The number of hydrogen-bond acceptors (Lipinski definition) is 4. The van der Waals surface area contributed by atoms with E-state index in [9.17, 15) is 12.8 Å². The zero-order valence-electron chi connectivity index (χ0n) is 16.8. The monoisotopic (exact) mass is 422 g/mol. The van der Waals surface area contributed by atoms with Crippen LogP contribution in [0.3, 0.4) is 0 Å². The van der Waals surface area contributed by atoms with E-state index < -0.39 is 15.8 Å². The van der Waals surface area contributed by atoms with Crippen LogP contribution in [0.4, 0.5) is 4.39 Å². The van der Waals surface area contributed by atoms with Crippen LogP contribution in [0.5, 0.6) is 5.75 Å². The van der Waals surface area contributed by atoms with Gasteiger partial charge in [0.05, 0.1) is 18.0 Å². The normalized spacial score (nSPS) is 13.0. The number of nitrogens with one attached hydrogen (secondary N) is 3. The molecule has 2 aromatic rings. The van der Waals surface area contributed by atoms with Crippen molar-refractivity contribution in [2.24, 2.45) is 4.99 Å². The fourth-order valence-electron chi connectivity index (χ4n) is 2.48. The summed E-state index contributed by atoms with van der Waals surface area (Å²) < 4.78 is 45.5. The molecule has 1 atom stereocenters. The molecule has 0 spiro atoms. The van der Waals surface area contributed by atoms with E-state index >= 15 is 0 Å². The van der Waals surface area contributed by atoms with Crippen LogP contribution in [0.15, 0.2) is 58.4 Å². The van der Waals surface area contributed by atoms with Crippen LogP contribution in [0.25, 0.3) is 0 Å². The number of aliphatic imine (C=N–C) groups is 1. The molecule has 2 rings (SSSR count). The van der Waals surface area contributed by atoms with Crippen molar-refractivity contribution in [1.29, 1.82) is 0 Å². The lowest BCUT2D eigenvalue weighted by atomic mass is 10.2. The highest BCUT2D eigenvalue weighted by Gasteiger charge is 2.12. The first-order valence-electron chi connectivity index (χ1n) is 9.31. The quantitative estimate of drug-likeness (QED) is 0.426. The molecule has 0 amide bonds. The van der Waals surface area contributed by atoms with Gasteiger partial charge >= 0.3 is 0 Å². The number of benzene rings is 2. The van der Waals surface area contributed by atoms with E-state index in [0.29, 0.717) is 25.6 Å². The Morgan fingerprint density at radius 2 is 1.93 bits per heavy atom. The fourth-order valence-corrected chi connectivity index (χ4v) is 3.28. The maximum absolute atomic E-state index is 13.7. The van der Waals surface area contributed by atoms with Crippen molar-refractivity contribution in [3.63, 3.8) is 0 Å². The van der Waals surface area contributed by atoms with Crippen molar-refractivity contribution < 1.29 is 17.5 Å². The van der Waals surface area contributed by atoms with Crippen molar-refractivity contribution in [3.8, 4) is 5.75 Å². The first-order chi connectivity index (χ1) is 13.9. The summed E-state index contributed by atoms with van der Waals surface area (Å²) in [6.45, 7) is 5.13. The maximum Gasteiger partial charge on any atom is 0.240 e. The predicted octanol–water partition coefficient (Wildman–Crippen LogP) is 2.26. The molecule has 29 heavy (non-hydrogen) atoms. The molecule has 0 heterocycles. The Kier molecular flexibility index (Phi) is 8.41. The second-order valence-electron chi connectivity index (χ2n) is 6.29. The molecular weight excluding hydrogens is 395 g/mol. The number of ether oxygens (including phenoxy) is 1. The molecule has 3 N–H and O–H groups in total. The summed E-state index contributed by atoms with van der Waals surface area (Å²) in [6, 6.07) is 12.9. The van der Waals surface area contributed by atoms with Crippen LogP contribution >= 0.6 is 0 Å². The van der Waals surface area contributed by atoms with Gasteiger partial charge in [-0.15, -0.1) is 0 Å².